The highest BCUT2D eigenvalue weighted by Crippen LogP contribution is 2.29. The molecular weight excluding hydrogens is 310 g/mol. The highest BCUT2D eigenvalue weighted by Gasteiger charge is 2.27. The summed E-state index contributed by atoms with van der Waals surface area (Å²) in [5, 5.41) is 4.92. The lowest BCUT2D eigenvalue weighted by molar-refractivity contribution is -0.125. The van der Waals surface area contributed by atoms with Crippen molar-refractivity contribution in [3.05, 3.63) is 34.5 Å². The van der Waals surface area contributed by atoms with Crippen molar-refractivity contribution in [3.8, 4) is 0 Å². The van der Waals surface area contributed by atoms with Crippen LogP contribution in [0.25, 0.3) is 10.9 Å². The van der Waals surface area contributed by atoms with Crippen molar-refractivity contribution in [2.45, 2.75) is 45.2 Å². The molecule has 3 rings (SSSR count). The number of hydrogen-bond acceptors (Lipinski definition) is 2. The van der Waals surface area contributed by atoms with E-state index in [-0.39, 0.29) is 11.9 Å². The van der Waals surface area contributed by atoms with Crippen LogP contribution in [0.15, 0.2) is 18.2 Å². The minimum atomic E-state index is 0.0152. The molecule has 0 spiro atoms. The van der Waals surface area contributed by atoms with Gasteiger partial charge in [0.05, 0.1) is 12.6 Å². The molecule has 4 nitrogen and oxygen atoms in total. The number of nitrogens with one attached hydrogen (secondary N) is 2. The number of amides is 1. The summed E-state index contributed by atoms with van der Waals surface area (Å²) >= 11 is 6.35. The molecule has 0 aliphatic carbocycles. The molecule has 2 aromatic rings. The number of aromatic amines is 1. The van der Waals surface area contributed by atoms with E-state index in [4.69, 9.17) is 11.6 Å². The number of likely N-dealkylation sites (N-methyl/N-ethyl adjacent to an activating group) is 1. The van der Waals surface area contributed by atoms with E-state index in [0.717, 1.165) is 46.6 Å². The predicted molar refractivity (Wildman–Crippen MR) is 94.9 cm³/mol. The van der Waals surface area contributed by atoms with Gasteiger partial charge >= 0.3 is 0 Å². The maximum Gasteiger partial charge on any atom is 0.237 e. The van der Waals surface area contributed by atoms with E-state index in [1.165, 1.54) is 0 Å². The number of H-pyrrole nitrogens is 1. The Labute approximate surface area is 142 Å². The SMILES string of the molecule is CC(C)c1cc2[nH]c(CNC(=O)C3CCCN3C)cc2cc1Cl. The van der Waals surface area contributed by atoms with Gasteiger partial charge in [0, 0.05) is 21.6 Å². The summed E-state index contributed by atoms with van der Waals surface area (Å²) in [5.74, 6) is 0.501. The number of hydrogen-bond donors (Lipinski definition) is 2. The first-order chi connectivity index (χ1) is 11.0. The van der Waals surface area contributed by atoms with Gasteiger partial charge in [0.25, 0.3) is 0 Å². The topological polar surface area (TPSA) is 48.1 Å². The molecule has 1 saturated heterocycles. The van der Waals surface area contributed by atoms with Crippen LogP contribution in [0.1, 0.15) is 43.9 Å². The third-order valence-corrected chi connectivity index (χ3v) is 5.02. The van der Waals surface area contributed by atoms with E-state index in [0.29, 0.717) is 12.5 Å². The Balaban J connectivity index is 1.72. The Kier molecular flexibility index (Phi) is 4.64. The average Bonchev–Trinajstić information content (AvgIpc) is 3.09. The van der Waals surface area contributed by atoms with Crippen LogP contribution in [-0.4, -0.2) is 35.4 Å². The highest BCUT2D eigenvalue weighted by atomic mass is 35.5. The van der Waals surface area contributed by atoms with Gasteiger partial charge in [-0.3, -0.25) is 9.69 Å². The van der Waals surface area contributed by atoms with Crippen molar-refractivity contribution < 1.29 is 4.79 Å². The number of benzene rings is 1. The third kappa shape index (κ3) is 3.38. The second-order valence-electron chi connectivity index (χ2n) is 6.77. The summed E-state index contributed by atoms with van der Waals surface area (Å²) < 4.78 is 0. The molecule has 0 saturated carbocycles. The quantitative estimate of drug-likeness (QED) is 0.897. The van der Waals surface area contributed by atoms with E-state index in [1.54, 1.807) is 0 Å². The lowest BCUT2D eigenvalue weighted by atomic mass is 10.0. The molecule has 23 heavy (non-hydrogen) atoms. The molecule has 1 aliphatic rings. The standard InChI is InChI=1S/C18H24ClN3O/c1-11(2)14-9-16-12(8-15(14)19)7-13(21-16)10-20-18(23)17-5-4-6-22(17)3/h7-9,11,17,21H,4-6,10H2,1-3H3,(H,20,23). The number of aromatic nitrogens is 1. The fraction of sp³-hybridized carbons (Fsp3) is 0.500. The zero-order valence-corrected chi connectivity index (χ0v) is 14.7. The predicted octanol–water partition coefficient (Wildman–Crippen LogP) is 3.66. The number of likely N-dealkylation sites (tertiary alicyclic amines) is 1. The van der Waals surface area contributed by atoms with Gasteiger partial charge in [-0.1, -0.05) is 25.4 Å². The van der Waals surface area contributed by atoms with Crippen LogP contribution in [0.5, 0.6) is 0 Å². The van der Waals surface area contributed by atoms with Gasteiger partial charge in [-0.05, 0) is 56.1 Å². The fourth-order valence-corrected chi connectivity index (χ4v) is 3.70. The highest BCUT2D eigenvalue weighted by molar-refractivity contribution is 6.32. The summed E-state index contributed by atoms with van der Waals surface area (Å²) in [6.07, 6.45) is 2.04. The summed E-state index contributed by atoms with van der Waals surface area (Å²) in [4.78, 5) is 17.8. The van der Waals surface area contributed by atoms with Crippen LogP contribution < -0.4 is 5.32 Å². The zero-order valence-electron chi connectivity index (χ0n) is 13.9. The molecule has 1 amide bonds. The maximum atomic E-state index is 12.3. The van der Waals surface area contributed by atoms with Crippen LogP contribution in [0, 0.1) is 0 Å². The molecule has 1 fully saturated rings. The largest absolute Gasteiger partial charge is 0.357 e. The maximum absolute atomic E-state index is 12.3. The minimum absolute atomic E-state index is 0.0152. The first-order valence-electron chi connectivity index (χ1n) is 8.24. The number of rotatable bonds is 4. The van der Waals surface area contributed by atoms with Crippen LogP contribution >= 0.6 is 11.6 Å². The molecular formula is C18H24ClN3O. The van der Waals surface area contributed by atoms with E-state index in [9.17, 15) is 4.79 Å². The van der Waals surface area contributed by atoms with E-state index in [2.05, 4.69) is 41.2 Å². The number of carbonyl (C=O) groups excluding carboxylic acids is 1. The molecule has 124 valence electrons. The smallest absolute Gasteiger partial charge is 0.237 e. The molecule has 0 bridgehead atoms. The first-order valence-corrected chi connectivity index (χ1v) is 8.62. The Morgan fingerprint density at radius 1 is 1.43 bits per heavy atom. The number of fused-ring (bicyclic) bond motifs is 1. The normalized spacial score (nSPS) is 18.9. The van der Waals surface area contributed by atoms with Crippen LogP contribution in [0.2, 0.25) is 5.02 Å². The van der Waals surface area contributed by atoms with Crippen molar-refractivity contribution in [2.24, 2.45) is 0 Å². The molecule has 0 radical (unpaired) electrons. The van der Waals surface area contributed by atoms with Crippen LogP contribution in [0.4, 0.5) is 0 Å². The average molecular weight is 334 g/mol. The van der Waals surface area contributed by atoms with Crippen molar-refractivity contribution >= 4 is 28.4 Å². The molecule has 2 N–H and O–H groups in total. The summed E-state index contributed by atoms with van der Waals surface area (Å²) in [5.41, 5.74) is 3.22. The van der Waals surface area contributed by atoms with Gasteiger partial charge in [0.1, 0.15) is 0 Å². The van der Waals surface area contributed by atoms with Gasteiger partial charge in [0.15, 0.2) is 0 Å². The second kappa shape index (κ2) is 6.54. The Morgan fingerprint density at radius 3 is 2.87 bits per heavy atom. The minimum Gasteiger partial charge on any atom is -0.357 e. The van der Waals surface area contributed by atoms with Gasteiger partial charge in [-0.2, -0.15) is 0 Å². The van der Waals surface area contributed by atoms with Crippen molar-refractivity contribution in [1.29, 1.82) is 0 Å². The Bertz CT molecular complexity index is 722. The van der Waals surface area contributed by atoms with Gasteiger partial charge in [0.2, 0.25) is 5.91 Å². The number of halogens is 1. The van der Waals surface area contributed by atoms with Gasteiger partial charge in [-0.15, -0.1) is 0 Å². The fourth-order valence-electron chi connectivity index (χ4n) is 3.31. The van der Waals surface area contributed by atoms with E-state index in [1.807, 2.05) is 13.1 Å². The summed E-state index contributed by atoms with van der Waals surface area (Å²) in [6.45, 7) is 5.79. The molecule has 1 aromatic carbocycles. The molecule has 5 heteroatoms. The van der Waals surface area contributed by atoms with Crippen molar-refractivity contribution in [1.82, 2.24) is 15.2 Å². The van der Waals surface area contributed by atoms with Crippen molar-refractivity contribution in [3.63, 3.8) is 0 Å². The summed E-state index contributed by atoms with van der Waals surface area (Å²) in [7, 11) is 2.01. The van der Waals surface area contributed by atoms with Crippen molar-refractivity contribution in [2.75, 3.05) is 13.6 Å². The molecule has 1 atom stereocenters. The van der Waals surface area contributed by atoms with Gasteiger partial charge in [-0.25, -0.2) is 0 Å². The van der Waals surface area contributed by atoms with Crippen LogP contribution in [-0.2, 0) is 11.3 Å². The molecule has 1 unspecified atom stereocenters. The number of nitrogens with zero attached hydrogens (tertiary/aromatic N) is 1. The summed E-state index contributed by atoms with van der Waals surface area (Å²) in [6, 6.07) is 6.18. The molecule has 1 aromatic heterocycles. The van der Waals surface area contributed by atoms with Gasteiger partial charge < -0.3 is 10.3 Å². The zero-order chi connectivity index (χ0) is 16.6. The monoisotopic (exact) mass is 333 g/mol. The molecule has 2 heterocycles. The van der Waals surface area contributed by atoms with E-state index >= 15 is 0 Å². The number of carbonyl (C=O) groups is 1. The Hall–Kier alpha value is -1.52. The first kappa shape index (κ1) is 16.3. The lowest BCUT2D eigenvalue weighted by Gasteiger charge is -2.18. The Morgan fingerprint density at radius 2 is 2.22 bits per heavy atom. The third-order valence-electron chi connectivity index (χ3n) is 4.69. The van der Waals surface area contributed by atoms with E-state index < -0.39 is 0 Å². The second-order valence-corrected chi connectivity index (χ2v) is 7.17. The van der Waals surface area contributed by atoms with Crippen LogP contribution in [0.3, 0.4) is 0 Å². The lowest BCUT2D eigenvalue weighted by Crippen LogP contribution is -2.41. The molecule has 1 aliphatic heterocycles.